The SMILES string of the molecule is Cc1cc(C)nc(-c2cc(-c3cccc(-c4nc(-c5ccccc5)nc(-c5ccccc5-c5ccccn5)n4)c3)cc(-c3ccccc3-c3nc(-c4ccccc4)nc(-c4ccccc4)n3)c2)n1. The van der Waals surface area contributed by atoms with E-state index in [4.69, 9.17) is 39.9 Å². The summed E-state index contributed by atoms with van der Waals surface area (Å²) in [6.07, 6.45) is 1.80. The van der Waals surface area contributed by atoms with Crippen LogP contribution in [-0.4, -0.2) is 44.9 Å². The van der Waals surface area contributed by atoms with Crippen molar-refractivity contribution in [2.24, 2.45) is 0 Å². The van der Waals surface area contributed by atoms with Crippen molar-refractivity contribution >= 4 is 0 Å². The average molecular weight is 876 g/mol. The van der Waals surface area contributed by atoms with E-state index < -0.39 is 0 Å². The number of aryl methyl sites for hydroxylation is 2. The fourth-order valence-corrected chi connectivity index (χ4v) is 8.40. The molecule has 4 aromatic heterocycles. The second-order valence-electron chi connectivity index (χ2n) is 16.4. The molecule has 0 bridgehead atoms. The first kappa shape index (κ1) is 41.5. The number of benzene rings is 7. The minimum Gasteiger partial charge on any atom is -0.256 e. The standard InChI is InChI=1S/C59H41N9/c1-38-33-39(2)62-57(61-38)47-36-45(35-46(37-47)48-27-12-14-29-50(48)58-65-53(40-19-6-3-7-20-40)63-54(66-58)41-21-8-4-9-22-41)43-25-18-26-44(34-43)56-64-55(42-23-10-5-11-24-42)67-59(68-56)51-30-15-13-28-49(51)52-31-16-17-32-60-52/h3-37H,1-2H3. The molecule has 68 heavy (non-hydrogen) atoms. The van der Waals surface area contributed by atoms with E-state index in [9.17, 15) is 0 Å². The fraction of sp³-hybridized carbons (Fsp3) is 0.0339. The van der Waals surface area contributed by atoms with E-state index in [1.54, 1.807) is 6.20 Å². The molecule has 11 rings (SSSR count). The third-order valence-electron chi connectivity index (χ3n) is 11.6. The van der Waals surface area contributed by atoms with Crippen LogP contribution in [0.15, 0.2) is 212 Å². The number of hydrogen-bond donors (Lipinski definition) is 0. The lowest BCUT2D eigenvalue weighted by atomic mass is 9.92. The third kappa shape index (κ3) is 8.67. The third-order valence-corrected chi connectivity index (χ3v) is 11.6. The molecule has 0 aliphatic carbocycles. The van der Waals surface area contributed by atoms with Gasteiger partial charge in [0.15, 0.2) is 40.8 Å². The highest BCUT2D eigenvalue weighted by Crippen LogP contribution is 2.39. The van der Waals surface area contributed by atoms with Gasteiger partial charge in [-0.3, -0.25) is 4.98 Å². The zero-order chi connectivity index (χ0) is 45.8. The molecule has 9 heteroatoms. The largest absolute Gasteiger partial charge is 0.256 e. The number of aromatic nitrogens is 9. The van der Waals surface area contributed by atoms with Gasteiger partial charge in [-0.05, 0) is 78.6 Å². The van der Waals surface area contributed by atoms with Crippen LogP contribution in [0.5, 0.6) is 0 Å². The summed E-state index contributed by atoms with van der Waals surface area (Å²) in [6, 6.07) is 69.2. The second kappa shape index (κ2) is 18.3. The van der Waals surface area contributed by atoms with Crippen molar-refractivity contribution in [3.63, 3.8) is 0 Å². The van der Waals surface area contributed by atoms with Crippen molar-refractivity contribution < 1.29 is 0 Å². The Hall–Kier alpha value is -9.21. The number of pyridine rings is 1. The van der Waals surface area contributed by atoms with Crippen molar-refractivity contribution in [3.8, 4) is 113 Å². The average Bonchev–Trinajstić information content (AvgIpc) is 3.41. The summed E-state index contributed by atoms with van der Waals surface area (Å²) in [5.41, 5.74) is 13.5. The van der Waals surface area contributed by atoms with Gasteiger partial charge in [0.25, 0.3) is 0 Å². The van der Waals surface area contributed by atoms with Crippen LogP contribution in [0.4, 0.5) is 0 Å². The molecule has 0 spiro atoms. The first-order valence-corrected chi connectivity index (χ1v) is 22.4. The summed E-state index contributed by atoms with van der Waals surface area (Å²) in [5.74, 6) is 4.06. The van der Waals surface area contributed by atoms with Gasteiger partial charge >= 0.3 is 0 Å². The maximum absolute atomic E-state index is 5.18. The maximum Gasteiger partial charge on any atom is 0.164 e. The highest BCUT2D eigenvalue weighted by Gasteiger charge is 2.20. The van der Waals surface area contributed by atoms with Crippen molar-refractivity contribution in [2.45, 2.75) is 13.8 Å². The molecular formula is C59H41N9. The first-order chi connectivity index (χ1) is 33.5. The van der Waals surface area contributed by atoms with Gasteiger partial charge in [0.1, 0.15) is 0 Å². The molecule has 0 saturated carbocycles. The molecule has 0 amide bonds. The predicted octanol–water partition coefficient (Wildman–Crippen LogP) is 13.5. The van der Waals surface area contributed by atoms with E-state index in [1.807, 2.05) is 172 Å². The summed E-state index contributed by atoms with van der Waals surface area (Å²) in [4.78, 5) is 45.1. The van der Waals surface area contributed by atoms with Crippen LogP contribution in [-0.2, 0) is 0 Å². The Balaban J connectivity index is 1.08. The Kier molecular flexibility index (Phi) is 11.2. The molecule has 7 aromatic carbocycles. The Morgan fingerprint density at radius 3 is 1.16 bits per heavy atom. The molecule has 0 unspecified atom stereocenters. The molecule has 0 fully saturated rings. The van der Waals surface area contributed by atoms with E-state index >= 15 is 0 Å². The van der Waals surface area contributed by atoms with Gasteiger partial charge in [-0.15, -0.1) is 0 Å². The summed E-state index contributed by atoms with van der Waals surface area (Å²) in [6.45, 7) is 4.00. The van der Waals surface area contributed by atoms with Crippen molar-refractivity contribution in [1.29, 1.82) is 0 Å². The smallest absolute Gasteiger partial charge is 0.164 e. The van der Waals surface area contributed by atoms with Crippen LogP contribution < -0.4 is 0 Å². The van der Waals surface area contributed by atoms with E-state index in [2.05, 4.69) is 53.5 Å². The molecule has 0 aliphatic heterocycles. The van der Waals surface area contributed by atoms with Gasteiger partial charge in [-0.25, -0.2) is 39.9 Å². The highest BCUT2D eigenvalue weighted by molar-refractivity contribution is 5.88. The predicted molar refractivity (Wildman–Crippen MR) is 270 cm³/mol. The Morgan fingerprint density at radius 2 is 0.618 bits per heavy atom. The van der Waals surface area contributed by atoms with E-state index in [1.165, 1.54) is 0 Å². The molecule has 0 aliphatic rings. The van der Waals surface area contributed by atoms with Crippen LogP contribution in [0, 0.1) is 13.8 Å². The summed E-state index contributed by atoms with van der Waals surface area (Å²) < 4.78 is 0. The van der Waals surface area contributed by atoms with Crippen molar-refractivity contribution in [2.75, 3.05) is 0 Å². The van der Waals surface area contributed by atoms with Gasteiger partial charge in [-0.2, -0.15) is 0 Å². The van der Waals surface area contributed by atoms with Gasteiger partial charge in [0.05, 0.1) is 5.69 Å². The zero-order valence-corrected chi connectivity index (χ0v) is 37.2. The quantitative estimate of drug-likeness (QED) is 0.132. The number of nitrogens with zero attached hydrogens (tertiary/aromatic N) is 9. The lowest BCUT2D eigenvalue weighted by Crippen LogP contribution is -2.01. The second-order valence-corrected chi connectivity index (χ2v) is 16.4. The molecule has 9 nitrogen and oxygen atoms in total. The van der Waals surface area contributed by atoms with Crippen molar-refractivity contribution in [1.82, 2.24) is 44.9 Å². The number of hydrogen-bond acceptors (Lipinski definition) is 9. The van der Waals surface area contributed by atoms with Crippen LogP contribution in [0.1, 0.15) is 11.4 Å². The highest BCUT2D eigenvalue weighted by atomic mass is 15.0. The lowest BCUT2D eigenvalue weighted by molar-refractivity contribution is 1.06. The summed E-state index contributed by atoms with van der Waals surface area (Å²) in [7, 11) is 0. The minimum atomic E-state index is 0.546. The van der Waals surface area contributed by atoms with Crippen LogP contribution >= 0.6 is 0 Å². The summed E-state index contributed by atoms with van der Waals surface area (Å²) in [5, 5.41) is 0. The van der Waals surface area contributed by atoms with Crippen LogP contribution in [0.25, 0.3) is 113 Å². The molecule has 4 heterocycles. The van der Waals surface area contributed by atoms with E-state index in [0.717, 1.165) is 83.8 Å². The van der Waals surface area contributed by atoms with Crippen molar-refractivity contribution in [3.05, 3.63) is 224 Å². The summed E-state index contributed by atoms with van der Waals surface area (Å²) >= 11 is 0. The van der Waals surface area contributed by atoms with Gasteiger partial charge < -0.3 is 0 Å². The van der Waals surface area contributed by atoms with Crippen LogP contribution in [0.3, 0.4) is 0 Å². The molecule has 322 valence electrons. The number of rotatable bonds is 10. The fourth-order valence-electron chi connectivity index (χ4n) is 8.40. The topological polar surface area (TPSA) is 116 Å². The monoisotopic (exact) mass is 875 g/mol. The molecule has 0 atom stereocenters. The molecule has 0 radical (unpaired) electrons. The van der Waals surface area contributed by atoms with E-state index in [-0.39, 0.29) is 0 Å². The van der Waals surface area contributed by atoms with Gasteiger partial charge in [0, 0.05) is 62.1 Å². The van der Waals surface area contributed by atoms with Crippen LogP contribution in [0.2, 0.25) is 0 Å². The minimum absolute atomic E-state index is 0.546. The first-order valence-electron chi connectivity index (χ1n) is 22.4. The molecule has 0 N–H and O–H groups in total. The van der Waals surface area contributed by atoms with E-state index in [0.29, 0.717) is 40.8 Å². The Bertz CT molecular complexity index is 3510. The molecule has 11 aromatic rings. The zero-order valence-electron chi connectivity index (χ0n) is 37.2. The Morgan fingerprint density at radius 1 is 0.235 bits per heavy atom. The Labute approximate surface area is 394 Å². The lowest BCUT2D eigenvalue weighted by Gasteiger charge is -2.15. The molecule has 0 saturated heterocycles. The van der Waals surface area contributed by atoms with Gasteiger partial charge in [-0.1, -0.05) is 164 Å². The normalized spacial score (nSPS) is 11.1. The maximum atomic E-state index is 5.18. The molecular weight excluding hydrogens is 835 g/mol. The van der Waals surface area contributed by atoms with Gasteiger partial charge in [0.2, 0.25) is 0 Å².